The van der Waals surface area contributed by atoms with Gasteiger partial charge < -0.3 is 102 Å². The predicted octanol–water partition coefficient (Wildman–Crippen LogP) is 1.52. The number of primary amides is 4. The quantitative estimate of drug-likeness (QED) is 0.0610. The van der Waals surface area contributed by atoms with Crippen molar-refractivity contribution in [1.29, 1.82) is 21.0 Å². The number of nitriles is 4. The van der Waals surface area contributed by atoms with Gasteiger partial charge >= 0.3 is 28.5 Å². The average molecular weight is 1500 g/mol. The number of nitrogens with one attached hydrogen (secondary N) is 4. The van der Waals surface area contributed by atoms with Crippen LogP contribution < -0.4 is 65.2 Å². The van der Waals surface area contributed by atoms with E-state index in [0.29, 0.717) is 131 Å². The summed E-state index contributed by atoms with van der Waals surface area (Å²) in [5.41, 5.74) is 29.6. The Bertz CT molecular complexity index is 5030. The van der Waals surface area contributed by atoms with E-state index in [0.717, 1.165) is 22.2 Å². The molecule has 4 unspecified atom stereocenters. The first-order chi connectivity index (χ1) is 53.1. The van der Waals surface area contributed by atoms with Crippen LogP contribution in [-0.4, -0.2) is 164 Å². The van der Waals surface area contributed by atoms with E-state index in [2.05, 4.69) is 65.9 Å². The van der Waals surface area contributed by atoms with Crippen LogP contribution >= 0.6 is 0 Å². The highest BCUT2D eigenvalue weighted by Crippen LogP contribution is 2.36. The molecule has 4 aromatic heterocycles. The van der Waals surface area contributed by atoms with Gasteiger partial charge in [-0.05, 0) is 114 Å². The van der Waals surface area contributed by atoms with Crippen LogP contribution in [0.1, 0.15) is 114 Å². The van der Waals surface area contributed by atoms with Crippen molar-refractivity contribution in [2.75, 3.05) is 74.1 Å². The van der Waals surface area contributed by atoms with E-state index in [1.54, 1.807) is 69.0 Å². The number of carbonyl (C=O) groups is 4. The van der Waals surface area contributed by atoms with Crippen molar-refractivity contribution in [1.82, 2.24) is 39.1 Å². The zero-order valence-electron chi connectivity index (χ0n) is 58.6. The van der Waals surface area contributed by atoms with Gasteiger partial charge in [-0.2, -0.15) is 41.4 Å². The standard InChI is InChI=1S/C18H18BN5O4.C17H17BFN5O4.2C17H18BN5O4/c20-8-12-4-6-27-10-15(12)24-9-14(17(21)25)18(23-24)22-13-1-2-16-11(7-13)3-5-19(26)28-16;19-14-4-10(3-13-12(14)7-28-18(13)26)22-17-11(16(21)25)6-24(23-17)15-8-27-2-1-9(15)5-20;19-6-10-3-4-26-9-15(10)23-7-13(16(20)24)17(22-23)21-12-1-2-14-11(5-12)8-27-18(14)25;19-6-10-3-4-26-9-15(10)23-7-13(16(20)24)17(22-23)21-12-2-1-11-8-27-18(25)14(11)5-12/h1-3,5,7,9,12,15,26H,4,6,10H2,(H2,21,25)(H,22,23);3-4,6,9,15,26H,1-2,7-8H2,(H2,21,25)(H,22,23);2*1-2,5,7,10,15,25H,3-4,8-9H2,(H2,20,24)(H,21,22)/t12-,15?;9-,15?;2*10-,15?/m1111/s1. The number of anilines is 8. The first kappa shape index (κ1) is 76.3. The lowest BCUT2D eigenvalue weighted by atomic mass is 9.79. The molecular formula is C69H71B4FN20O16. The number of fused-ring (bicyclic) bond motifs is 4. The maximum Gasteiger partial charge on any atom is 0.552 e. The molecule has 8 aromatic rings. The number of hydrogen-bond donors (Lipinski definition) is 12. The number of aromatic nitrogens is 8. The number of halogens is 1. The number of hydrogen-bond acceptors (Lipinski definition) is 28. The summed E-state index contributed by atoms with van der Waals surface area (Å²) >= 11 is 0. The molecule has 41 heteroatoms. The third-order valence-electron chi connectivity index (χ3n) is 19.6. The van der Waals surface area contributed by atoms with Crippen LogP contribution in [0, 0.1) is 74.8 Å². The zero-order chi connectivity index (χ0) is 77.4. The number of carbonyl (C=O) groups excluding carboxylic acids is 4. The van der Waals surface area contributed by atoms with E-state index in [-0.39, 0.29) is 106 Å². The van der Waals surface area contributed by atoms with Crippen LogP contribution in [0.5, 0.6) is 5.75 Å². The van der Waals surface area contributed by atoms with Crippen LogP contribution in [0.2, 0.25) is 0 Å². The van der Waals surface area contributed by atoms with Crippen molar-refractivity contribution in [3.63, 3.8) is 0 Å². The summed E-state index contributed by atoms with van der Waals surface area (Å²) < 4.78 is 63.1. The van der Waals surface area contributed by atoms with Crippen LogP contribution in [-0.2, 0) is 52.7 Å². The molecule has 8 atom stereocenters. The summed E-state index contributed by atoms with van der Waals surface area (Å²) in [5, 5.41) is 106. The maximum absolute atomic E-state index is 14.3. The molecule has 4 amide bonds. The number of nitrogens with two attached hydrogens (primary N) is 4. The topological polar surface area (TPSA) is 542 Å². The summed E-state index contributed by atoms with van der Waals surface area (Å²) in [6, 6.07) is 26.6. The van der Waals surface area contributed by atoms with Gasteiger partial charge in [0, 0.05) is 85.1 Å². The molecular weight excluding hydrogens is 1430 g/mol. The predicted molar refractivity (Wildman–Crippen MR) is 391 cm³/mol. The van der Waals surface area contributed by atoms with Crippen molar-refractivity contribution in [3.05, 3.63) is 148 Å². The second-order valence-electron chi connectivity index (χ2n) is 26.6. The molecule has 562 valence electrons. The highest BCUT2D eigenvalue weighted by atomic mass is 19.1. The Hall–Kier alpha value is -12.0. The summed E-state index contributed by atoms with van der Waals surface area (Å²) in [4.78, 5) is 47.5. The van der Waals surface area contributed by atoms with E-state index in [1.807, 2.05) is 24.3 Å². The van der Waals surface area contributed by atoms with Crippen LogP contribution in [0.25, 0.3) is 6.08 Å². The summed E-state index contributed by atoms with van der Waals surface area (Å²) in [6.07, 6.45) is 10.2. The van der Waals surface area contributed by atoms with Crippen molar-refractivity contribution in [2.45, 2.75) is 69.7 Å². The number of amides is 4. The SMILES string of the molecule is N#C[C@H]1CCOCC1n1cc(C(N)=O)c(Nc2cc(F)c3c(c2)B(O)OC3)n1.N#C[C@H]1CCOCC1n1cc(C(N)=O)c(Nc2ccc3c(c2)B(O)OC3)n1.N#C[C@H]1CCOCC1n1cc(C(N)=O)c(Nc2ccc3c(c2)C=CB(O)O3)n1.N#C[C@H]1CCOCC1n1cc(C(N)=O)c(Nc2ccc3c(c2)COB3O)n1. The summed E-state index contributed by atoms with van der Waals surface area (Å²) in [7, 11) is -4.06. The van der Waals surface area contributed by atoms with Crippen LogP contribution in [0.15, 0.2) is 97.5 Å². The Morgan fingerprint density at radius 3 is 1.28 bits per heavy atom. The minimum Gasteiger partial charge on any atom is -0.532 e. The molecule has 12 heterocycles. The highest BCUT2D eigenvalue weighted by Gasteiger charge is 2.37. The smallest absolute Gasteiger partial charge is 0.532 e. The Kier molecular flexibility index (Phi) is 23.3. The van der Waals surface area contributed by atoms with Crippen LogP contribution in [0.4, 0.5) is 50.4 Å². The molecule has 4 fully saturated rings. The van der Waals surface area contributed by atoms with Gasteiger partial charge in [-0.1, -0.05) is 18.2 Å². The first-order valence-corrected chi connectivity index (χ1v) is 34.8. The summed E-state index contributed by atoms with van der Waals surface area (Å²) in [5.74, 6) is -1.07. The average Bonchev–Trinajstić information content (AvgIpc) is 1.66. The van der Waals surface area contributed by atoms with Gasteiger partial charge in [0.05, 0.1) is 118 Å². The second-order valence-corrected chi connectivity index (χ2v) is 26.6. The second kappa shape index (κ2) is 33.7. The lowest BCUT2D eigenvalue weighted by Gasteiger charge is -2.26. The Morgan fingerprint density at radius 2 is 0.836 bits per heavy atom. The van der Waals surface area contributed by atoms with Gasteiger partial charge in [0.15, 0.2) is 23.3 Å². The fourth-order valence-corrected chi connectivity index (χ4v) is 13.6. The molecule has 4 aromatic carbocycles. The van der Waals surface area contributed by atoms with Gasteiger partial charge in [0.1, 0.15) is 33.8 Å². The molecule has 36 nitrogen and oxygen atoms in total. The van der Waals surface area contributed by atoms with Crippen molar-refractivity contribution in [2.24, 2.45) is 46.6 Å². The Morgan fingerprint density at radius 1 is 0.464 bits per heavy atom. The number of nitrogens with zero attached hydrogens (tertiary/aromatic N) is 12. The van der Waals surface area contributed by atoms with Crippen molar-refractivity contribution < 1.29 is 81.2 Å². The van der Waals surface area contributed by atoms with E-state index in [4.69, 9.17) is 60.5 Å². The van der Waals surface area contributed by atoms with E-state index in [1.165, 1.54) is 29.0 Å². The fourth-order valence-electron chi connectivity index (χ4n) is 13.6. The molecule has 8 aliphatic rings. The van der Waals surface area contributed by atoms with Crippen molar-refractivity contribution >= 4 is 121 Å². The first-order valence-electron chi connectivity index (χ1n) is 34.8. The third-order valence-corrected chi connectivity index (χ3v) is 19.6. The minimum absolute atomic E-state index is 0.0129. The van der Waals surface area contributed by atoms with Gasteiger partial charge in [-0.15, -0.1) is 0 Å². The number of benzene rings is 4. The lowest BCUT2D eigenvalue weighted by molar-refractivity contribution is 0.0341. The van der Waals surface area contributed by atoms with Gasteiger partial charge in [-0.25, -0.2) is 4.39 Å². The number of rotatable bonds is 16. The largest absolute Gasteiger partial charge is 0.552 e. The number of ether oxygens (including phenoxy) is 4. The fraction of sp³-hybridized carbons (Fsp3) is 0.333. The van der Waals surface area contributed by atoms with Gasteiger partial charge in [0.2, 0.25) is 0 Å². The monoisotopic (exact) mass is 1500 g/mol. The molecule has 8 aliphatic heterocycles. The highest BCUT2D eigenvalue weighted by molar-refractivity contribution is 6.62. The van der Waals surface area contributed by atoms with E-state index < -0.39 is 57.9 Å². The molecule has 0 bridgehead atoms. The molecule has 0 radical (unpaired) electrons. The van der Waals surface area contributed by atoms with E-state index in [9.17, 15) is 64.7 Å². The van der Waals surface area contributed by atoms with Crippen LogP contribution in [0.3, 0.4) is 0 Å². The molecule has 0 spiro atoms. The third kappa shape index (κ3) is 16.8. The molecule has 0 aliphatic carbocycles. The summed E-state index contributed by atoms with van der Waals surface area (Å²) in [6.45, 7) is 4.07. The molecule has 16 rings (SSSR count). The molecule has 16 N–H and O–H groups in total. The van der Waals surface area contributed by atoms with Gasteiger partial charge in [-0.3, -0.25) is 37.9 Å². The Balaban J connectivity index is 0.000000129. The Labute approximate surface area is 627 Å². The van der Waals surface area contributed by atoms with Gasteiger partial charge in [0.25, 0.3) is 23.6 Å². The molecule has 110 heavy (non-hydrogen) atoms. The molecule has 4 saturated heterocycles. The maximum atomic E-state index is 14.3. The molecule has 0 saturated carbocycles. The minimum atomic E-state index is -1.21. The van der Waals surface area contributed by atoms with Crippen molar-refractivity contribution in [3.8, 4) is 30.0 Å². The normalized spacial score (nSPS) is 21.3. The van der Waals surface area contributed by atoms with E-state index >= 15 is 0 Å². The zero-order valence-corrected chi connectivity index (χ0v) is 58.6. The lowest BCUT2D eigenvalue weighted by Crippen LogP contribution is -2.29.